The van der Waals surface area contributed by atoms with Crippen LogP contribution in [0.4, 0.5) is 4.39 Å². The van der Waals surface area contributed by atoms with Crippen molar-refractivity contribution in [3.8, 4) is 23.0 Å². The van der Waals surface area contributed by atoms with Gasteiger partial charge in [-0.3, -0.25) is 14.6 Å². The van der Waals surface area contributed by atoms with Crippen LogP contribution in [-0.4, -0.2) is 61.6 Å². The first-order valence-electron chi connectivity index (χ1n) is 15.4. The number of carbonyl (C=O) groups is 2. The number of Topliss-reactive ketones (excluding diaryl/α,β-unsaturated/α-hetero) is 1. The predicted octanol–water partition coefficient (Wildman–Crippen LogP) is 6.90. The highest BCUT2D eigenvalue weighted by Crippen LogP contribution is 2.39. The number of hydrogen-bond donors (Lipinski definition) is 0. The normalized spacial score (nSPS) is 15.4. The molecule has 0 saturated carbocycles. The first-order chi connectivity index (χ1) is 22.2. The molecule has 6 rings (SSSR count). The van der Waals surface area contributed by atoms with Crippen molar-refractivity contribution < 1.29 is 32.9 Å². The van der Waals surface area contributed by atoms with Crippen LogP contribution in [0.5, 0.6) is 23.0 Å². The van der Waals surface area contributed by atoms with E-state index in [0.717, 1.165) is 44.7 Å². The topological polar surface area (TPSA) is 87.2 Å². The number of piperidine rings is 1. The van der Waals surface area contributed by atoms with Crippen molar-refractivity contribution >= 4 is 34.2 Å². The maximum Gasteiger partial charge on any atom is 0.225 e. The van der Waals surface area contributed by atoms with Crippen molar-refractivity contribution in [3.63, 3.8) is 0 Å². The van der Waals surface area contributed by atoms with Crippen molar-refractivity contribution in [1.82, 2.24) is 9.88 Å². The van der Waals surface area contributed by atoms with E-state index in [1.165, 1.54) is 6.07 Å². The maximum absolute atomic E-state index is 14.1. The molecule has 3 aromatic carbocycles. The number of halogens is 2. The third-order valence-corrected chi connectivity index (χ3v) is 9.13. The molecular formula is C36H36ClFN2O6. The number of likely N-dealkylation sites (tertiary alicyclic amines) is 1. The van der Waals surface area contributed by atoms with Crippen LogP contribution in [0.15, 0.2) is 60.8 Å². The highest BCUT2D eigenvalue weighted by atomic mass is 35.5. The average molecular weight is 647 g/mol. The Bertz CT molecular complexity index is 1770. The van der Waals surface area contributed by atoms with Gasteiger partial charge in [-0.15, -0.1) is 0 Å². The number of ketones is 1. The number of methoxy groups -OCH3 is 1. The van der Waals surface area contributed by atoms with Crippen LogP contribution < -0.4 is 14.2 Å². The molecule has 10 heteroatoms. The molecule has 2 fully saturated rings. The minimum Gasteiger partial charge on any atom is -0.493 e. The molecule has 0 unspecified atom stereocenters. The number of hydrogen-bond acceptors (Lipinski definition) is 7. The second-order valence-electron chi connectivity index (χ2n) is 12.1. The summed E-state index contributed by atoms with van der Waals surface area (Å²) in [6, 6.07) is 15.2. The molecule has 3 heterocycles. The third-order valence-electron chi connectivity index (χ3n) is 8.78. The number of pyridine rings is 1. The van der Waals surface area contributed by atoms with Crippen LogP contribution in [0.2, 0.25) is 5.02 Å². The first-order valence-corrected chi connectivity index (χ1v) is 15.8. The second kappa shape index (κ2) is 13.6. The lowest BCUT2D eigenvalue weighted by atomic mass is 9.77. The van der Waals surface area contributed by atoms with Crippen LogP contribution in [0, 0.1) is 18.2 Å². The number of aryl methyl sites for hydroxylation is 1. The molecule has 4 aromatic rings. The van der Waals surface area contributed by atoms with Crippen molar-refractivity contribution in [1.29, 1.82) is 0 Å². The minimum absolute atomic E-state index is 0.00978. The maximum atomic E-state index is 14.1. The van der Waals surface area contributed by atoms with Gasteiger partial charge in [0.25, 0.3) is 0 Å². The fourth-order valence-electron chi connectivity index (χ4n) is 5.99. The van der Waals surface area contributed by atoms with Crippen molar-refractivity contribution in [2.45, 2.75) is 39.0 Å². The molecule has 2 saturated heterocycles. The van der Waals surface area contributed by atoms with E-state index in [1.807, 2.05) is 11.8 Å². The molecular weight excluding hydrogens is 611 g/mol. The zero-order chi connectivity index (χ0) is 32.3. The molecule has 1 aromatic heterocycles. The van der Waals surface area contributed by atoms with Gasteiger partial charge in [-0.2, -0.15) is 0 Å². The quantitative estimate of drug-likeness (QED) is 0.175. The average Bonchev–Trinajstić information content (AvgIpc) is 3.03. The van der Waals surface area contributed by atoms with Crippen LogP contribution in [-0.2, 0) is 27.2 Å². The highest BCUT2D eigenvalue weighted by Gasteiger charge is 2.41. The minimum atomic E-state index is -0.394. The largest absolute Gasteiger partial charge is 0.493 e. The number of aromatic nitrogens is 1. The van der Waals surface area contributed by atoms with Crippen molar-refractivity contribution in [3.05, 3.63) is 88.3 Å². The van der Waals surface area contributed by atoms with Gasteiger partial charge in [-0.1, -0.05) is 35.4 Å². The van der Waals surface area contributed by atoms with Gasteiger partial charge in [0.05, 0.1) is 38.9 Å². The summed E-state index contributed by atoms with van der Waals surface area (Å²) >= 11 is 6.54. The Balaban J connectivity index is 1.09. The van der Waals surface area contributed by atoms with E-state index in [9.17, 15) is 14.0 Å². The van der Waals surface area contributed by atoms with Gasteiger partial charge < -0.3 is 23.8 Å². The Morgan fingerprint density at radius 1 is 0.978 bits per heavy atom. The fraction of sp³-hybridized carbons (Fsp3) is 0.361. The molecule has 8 nitrogen and oxygen atoms in total. The van der Waals surface area contributed by atoms with Gasteiger partial charge in [-0.25, -0.2) is 4.39 Å². The molecule has 0 bridgehead atoms. The van der Waals surface area contributed by atoms with Crippen LogP contribution in [0.1, 0.15) is 36.0 Å². The summed E-state index contributed by atoms with van der Waals surface area (Å²) in [5.74, 6) is 1.52. The number of amides is 1. The summed E-state index contributed by atoms with van der Waals surface area (Å²) in [7, 11) is 1.55. The monoisotopic (exact) mass is 646 g/mol. The Labute approximate surface area is 272 Å². The van der Waals surface area contributed by atoms with Gasteiger partial charge in [0, 0.05) is 54.0 Å². The SMILES string of the molecule is COc1cc2c(Oc3ccc(CC(=O)Cc4cc(C)ccc4F)c(Cl)c3)ccnc2cc1OCCC(=O)N1CCC2(CC1)COC2. The van der Waals surface area contributed by atoms with E-state index in [-0.39, 0.29) is 43.0 Å². The van der Waals surface area contributed by atoms with Gasteiger partial charge in [0.2, 0.25) is 5.91 Å². The Morgan fingerprint density at radius 2 is 1.76 bits per heavy atom. The fourth-order valence-corrected chi connectivity index (χ4v) is 6.23. The summed E-state index contributed by atoms with van der Waals surface area (Å²) in [5, 5.41) is 1.07. The predicted molar refractivity (Wildman–Crippen MR) is 173 cm³/mol. The molecule has 2 aliphatic rings. The first kappa shape index (κ1) is 31.8. The lowest BCUT2D eigenvalue weighted by Crippen LogP contribution is -2.52. The number of rotatable bonds is 11. The van der Waals surface area contributed by atoms with E-state index in [4.69, 9.17) is 30.5 Å². The van der Waals surface area contributed by atoms with E-state index in [1.54, 1.807) is 61.8 Å². The van der Waals surface area contributed by atoms with Crippen LogP contribution >= 0.6 is 11.6 Å². The Kier molecular flexibility index (Phi) is 9.42. The molecule has 1 amide bonds. The number of benzene rings is 3. The van der Waals surface area contributed by atoms with Gasteiger partial charge in [0.15, 0.2) is 11.5 Å². The zero-order valence-corrected chi connectivity index (χ0v) is 26.7. The summed E-state index contributed by atoms with van der Waals surface area (Å²) in [6.45, 7) is 5.21. The van der Waals surface area contributed by atoms with E-state index in [0.29, 0.717) is 50.1 Å². The Hall–Kier alpha value is -4.21. The summed E-state index contributed by atoms with van der Waals surface area (Å²) < 4.78 is 37.3. The third kappa shape index (κ3) is 7.11. The standard InChI is InChI=1S/C36H36ClFN2O6/c1-23-3-6-30(38)25(15-23)17-26(41)16-24-4-5-27(18-29(24)37)46-32-7-11-39-31-20-34(33(43-2)19-28(31)32)45-14-8-35(42)40-12-9-36(10-13-40)21-44-22-36/h3-7,11,15,18-20H,8-10,12-14,16-17,21-22H2,1-2H3. The van der Waals surface area contributed by atoms with E-state index in [2.05, 4.69) is 4.98 Å². The molecule has 240 valence electrons. The van der Waals surface area contributed by atoms with E-state index < -0.39 is 5.82 Å². The zero-order valence-electron chi connectivity index (χ0n) is 25.9. The molecule has 2 aliphatic heterocycles. The van der Waals surface area contributed by atoms with Crippen molar-refractivity contribution in [2.24, 2.45) is 5.41 Å². The number of carbonyl (C=O) groups excluding carboxylic acids is 2. The van der Waals surface area contributed by atoms with Crippen LogP contribution in [0.25, 0.3) is 10.9 Å². The second-order valence-corrected chi connectivity index (χ2v) is 12.6. The molecule has 0 N–H and O–H groups in total. The smallest absolute Gasteiger partial charge is 0.225 e. The summed E-state index contributed by atoms with van der Waals surface area (Å²) in [5.41, 5.74) is 2.80. The molecule has 0 atom stereocenters. The van der Waals surface area contributed by atoms with Gasteiger partial charge >= 0.3 is 0 Å². The molecule has 0 radical (unpaired) electrons. The van der Waals surface area contributed by atoms with Gasteiger partial charge in [0.1, 0.15) is 23.1 Å². The molecule has 0 aliphatic carbocycles. The lowest BCUT2D eigenvalue weighted by molar-refractivity contribution is -0.153. The highest BCUT2D eigenvalue weighted by molar-refractivity contribution is 6.31. The lowest BCUT2D eigenvalue weighted by Gasteiger charge is -2.47. The Morgan fingerprint density at radius 3 is 2.48 bits per heavy atom. The number of fused-ring (bicyclic) bond motifs is 1. The summed E-state index contributed by atoms with van der Waals surface area (Å²) in [4.78, 5) is 31.9. The van der Waals surface area contributed by atoms with E-state index >= 15 is 0 Å². The number of ether oxygens (including phenoxy) is 4. The number of nitrogens with zero attached hydrogens (tertiary/aromatic N) is 2. The van der Waals surface area contributed by atoms with Crippen LogP contribution in [0.3, 0.4) is 0 Å². The van der Waals surface area contributed by atoms with Gasteiger partial charge in [-0.05, 0) is 61.2 Å². The summed E-state index contributed by atoms with van der Waals surface area (Å²) in [6.07, 6.45) is 3.94. The van der Waals surface area contributed by atoms with Crippen molar-refractivity contribution in [2.75, 3.05) is 40.0 Å². The molecule has 1 spiro atoms. The molecule has 46 heavy (non-hydrogen) atoms.